The number of aromatic nitrogens is 1. The second kappa shape index (κ2) is 20.7. The minimum Gasteiger partial charge on any atom is -0.456 e. The quantitative estimate of drug-likeness (QED) is 0.116. The third-order valence-corrected chi connectivity index (χ3v) is 11.8. The summed E-state index contributed by atoms with van der Waals surface area (Å²) < 4.78 is 18.1. The van der Waals surface area contributed by atoms with E-state index in [-0.39, 0.29) is 11.2 Å². The van der Waals surface area contributed by atoms with Crippen molar-refractivity contribution in [1.29, 1.82) is 0 Å². The van der Waals surface area contributed by atoms with Crippen molar-refractivity contribution in [3.8, 4) is 11.3 Å². The summed E-state index contributed by atoms with van der Waals surface area (Å²) in [5.41, 5.74) is 3.97. The van der Waals surface area contributed by atoms with Crippen LogP contribution in [-0.4, -0.2) is 236 Å². The topological polar surface area (TPSA) is 44.5 Å². The molecule has 1 aliphatic heterocycles. The molecule has 3 heterocycles. The van der Waals surface area contributed by atoms with Crippen molar-refractivity contribution in [1.82, 2.24) is 4.98 Å². The number of benzene rings is 2. The van der Waals surface area contributed by atoms with Gasteiger partial charge in [0.15, 0.2) is 0 Å². The van der Waals surface area contributed by atoms with Gasteiger partial charge in [0, 0.05) is 241 Å². The van der Waals surface area contributed by atoms with Crippen molar-refractivity contribution < 1.29 is 13.7 Å². The Morgan fingerprint density at radius 1 is 0.466 bits per heavy atom. The zero-order chi connectivity index (χ0) is 43.6. The molecule has 5 rings (SSSR count). The minimum atomic E-state index is -1.07. The average molecular weight is 696 g/mol. The van der Waals surface area contributed by atoms with Crippen molar-refractivity contribution in [2.24, 2.45) is 0 Å². The van der Waals surface area contributed by atoms with E-state index in [0.29, 0.717) is 0 Å². The third kappa shape index (κ3) is 11.3. The van der Waals surface area contributed by atoms with Gasteiger partial charge in [0.1, 0.15) is 11.2 Å². The summed E-state index contributed by atoms with van der Waals surface area (Å²) in [6.07, 6.45) is -11.9. The molecule has 1 fully saturated rings. The summed E-state index contributed by atoms with van der Waals surface area (Å²) in [4.78, 5) is 4.67. The largest absolute Gasteiger partial charge is 0.496 e. The highest BCUT2D eigenvalue weighted by Crippen LogP contribution is 2.37. The molecule has 0 unspecified atom stereocenters. The van der Waals surface area contributed by atoms with Gasteiger partial charge in [0.2, 0.25) is 0 Å². The molecule has 0 bridgehead atoms. The van der Waals surface area contributed by atoms with Crippen molar-refractivity contribution in [2.45, 2.75) is 38.9 Å². The van der Waals surface area contributed by atoms with E-state index in [4.69, 9.17) is 138 Å². The molecule has 0 spiro atoms. The molecule has 0 saturated carbocycles. The summed E-state index contributed by atoms with van der Waals surface area (Å²) in [6.45, 7) is 8.22. The molecule has 1 aliphatic rings. The molecule has 0 amide bonds. The Bertz CT molecular complexity index is 1780. The summed E-state index contributed by atoms with van der Waals surface area (Å²) >= 11 is 0. The van der Waals surface area contributed by atoms with Gasteiger partial charge in [0.25, 0.3) is 0 Å². The average Bonchev–Trinajstić information content (AvgIpc) is 3.58. The smallest absolute Gasteiger partial charge is 0.456 e. The summed E-state index contributed by atoms with van der Waals surface area (Å²) in [7, 11) is 96.0. The van der Waals surface area contributed by atoms with Crippen molar-refractivity contribution in [3.05, 3.63) is 60.8 Å². The van der Waals surface area contributed by atoms with Gasteiger partial charge in [-0.1, -0.05) is 24.3 Å². The van der Waals surface area contributed by atoms with Crippen LogP contribution >= 0.6 is 0 Å². The Kier molecular flexibility index (Phi) is 17.8. The van der Waals surface area contributed by atoms with Gasteiger partial charge in [-0.15, -0.1) is 0 Å². The summed E-state index contributed by atoms with van der Waals surface area (Å²) in [5.74, 6) is 0. The Labute approximate surface area is 375 Å². The van der Waals surface area contributed by atoms with Crippen LogP contribution in [0.3, 0.4) is 0 Å². The highest BCUT2D eigenvalue weighted by molar-refractivity contribution is 8.27. The number of fused-ring (bicyclic) bond motifs is 3. The molecule has 4 aromatic rings. The second-order valence-corrected chi connectivity index (χ2v) is 16.5. The first-order chi connectivity index (χ1) is 26.9. The number of hydrogen-bond acceptors (Lipinski definition) is 4. The monoisotopic (exact) mass is 701 g/mol. The lowest BCUT2D eigenvalue weighted by Crippen LogP contribution is -2.88. The van der Waals surface area contributed by atoms with Gasteiger partial charge in [-0.3, -0.25) is 4.98 Å². The SMILES string of the molecule is CC1(C)OB(c2ccc(-c3ccc4oc5ccccc5c4c3)nc2)OC1(C)C.[B]B([B])B(B([B])[B])B(B(B([B])[B])B([B])[B])B(B(B([B])[B])B([B])[B])B(B([B])[B])B([B])[B]. The Morgan fingerprint density at radius 2 is 0.862 bits per heavy atom. The predicted octanol–water partition coefficient (Wildman–Crippen LogP) is -6.48. The molecule has 2 aromatic carbocycles. The zero-order valence-electron chi connectivity index (χ0n) is 33.8. The fourth-order valence-electron chi connectivity index (χ4n) is 8.20. The molecule has 2 aromatic heterocycles. The van der Waals surface area contributed by atoms with Crippen molar-refractivity contribution in [3.63, 3.8) is 0 Å². The molecule has 4 nitrogen and oxygen atoms in total. The van der Waals surface area contributed by atoms with E-state index in [1.807, 2.05) is 48.7 Å². The summed E-state index contributed by atoms with van der Waals surface area (Å²) in [5, 5.41) is 2.22. The van der Waals surface area contributed by atoms with Crippen LogP contribution in [0.5, 0.6) is 0 Å². The van der Waals surface area contributed by atoms with E-state index in [9.17, 15) is 0 Å². The van der Waals surface area contributed by atoms with Gasteiger partial charge in [-0.25, -0.2) is 0 Å². The van der Waals surface area contributed by atoms with Crippen molar-refractivity contribution in [2.75, 3.05) is 0 Å². The maximum absolute atomic E-state index is 6.12. The maximum atomic E-state index is 6.12. The van der Waals surface area contributed by atoms with Gasteiger partial charge < -0.3 is 13.7 Å². The van der Waals surface area contributed by atoms with E-state index in [1.54, 1.807) is 0 Å². The maximum Gasteiger partial charge on any atom is 0.496 e. The van der Waals surface area contributed by atoms with Gasteiger partial charge in [-0.05, 0) is 58.0 Å². The van der Waals surface area contributed by atoms with Crippen LogP contribution in [0.1, 0.15) is 27.7 Å². The Hall–Kier alpha value is -0.677. The molecule has 0 aliphatic carbocycles. The number of nitrogens with zero attached hydrogens (tertiary/aromatic N) is 1. The third-order valence-electron chi connectivity index (χ3n) is 11.8. The Balaban J connectivity index is 0.000000256. The molecule has 0 atom stereocenters. The number of hydrogen-bond donors (Lipinski definition) is 0. The Morgan fingerprint density at radius 3 is 1.24 bits per heavy atom. The fourth-order valence-corrected chi connectivity index (χ4v) is 8.20. The number of rotatable bonds is 15. The highest BCUT2D eigenvalue weighted by atomic mass is 16.7. The zero-order valence-corrected chi connectivity index (χ0v) is 33.8. The molecule has 32 radical (unpaired) electrons. The van der Waals surface area contributed by atoms with E-state index >= 15 is 0 Å². The second-order valence-electron chi connectivity index (χ2n) is 16.5. The normalized spacial score (nSPS) is 13.7. The van der Waals surface area contributed by atoms with Crippen LogP contribution in [0.15, 0.2) is 65.2 Å². The molecular formula is C23H22B31NO3. The lowest BCUT2D eigenvalue weighted by atomic mass is 8.31. The molecule has 1 saturated heterocycles. The van der Waals surface area contributed by atoms with Crippen LogP contribution in [-0.2, 0) is 9.31 Å². The molecular weight excluding hydrogens is 673 g/mol. The first kappa shape index (κ1) is 50.0. The van der Waals surface area contributed by atoms with E-state index in [2.05, 4.69) is 44.8 Å². The van der Waals surface area contributed by atoms with Gasteiger partial charge in [0.05, 0.1) is 16.9 Å². The first-order valence-corrected chi connectivity index (χ1v) is 19.2. The standard InChI is InChI=1S/C23H22BNO3.B30/c1-22(2)23(3,4)28-24(27-22)16-10-11-19(25-14-16)15-9-12-21-18(13-15)17-7-5-6-8-20(17)26-21;1-17(2)25(18(3)4)29(26(19(5)6)20(7)8)30(27(21(9)10)22(11)12)28(23(13)14)24(15)16/h5-14H,1-4H3;. The van der Waals surface area contributed by atoms with Crippen LogP contribution in [0, 0.1) is 0 Å². The molecule has 0 N–H and O–H groups in total. The van der Waals surface area contributed by atoms with E-state index < -0.39 is 96.5 Å². The van der Waals surface area contributed by atoms with E-state index in [1.165, 1.54) is 0 Å². The molecule has 35 heteroatoms. The van der Waals surface area contributed by atoms with E-state index in [0.717, 1.165) is 38.7 Å². The van der Waals surface area contributed by atoms with Crippen molar-refractivity contribution >= 4 is 248 Å². The highest BCUT2D eigenvalue weighted by Gasteiger charge is 2.53. The number of para-hydroxylation sites is 1. The van der Waals surface area contributed by atoms with Crippen LogP contribution in [0.2, 0.25) is 0 Å². The minimum absolute atomic E-state index is 0.357. The molecule has 230 valence electrons. The van der Waals surface area contributed by atoms with Crippen LogP contribution in [0.25, 0.3) is 33.2 Å². The number of furan rings is 1. The molecule has 58 heavy (non-hydrogen) atoms. The van der Waals surface area contributed by atoms with Gasteiger partial charge >= 0.3 is 7.12 Å². The first-order valence-electron chi connectivity index (χ1n) is 19.2. The predicted molar refractivity (Wildman–Crippen MR) is 285 cm³/mol. The lowest BCUT2D eigenvalue weighted by molar-refractivity contribution is 0.00578. The van der Waals surface area contributed by atoms with Crippen LogP contribution < -0.4 is 5.46 Å². The fraction of sp³-hybridized carbons (Fsp3) is 0.261. The number of pyridine rings is 1. The van der Waals surface area contributed by atoms with Crippen LogP contribution in [0.4, 0.5) is 0 Å². The summed E-state index contributed by atoms with van der Waals surface area (Å²) in [6, 6.07) is 18.3. The lowest BCUT2D eigenvalue weighted by Gasteiger charge is -2.50. The van der Waals surface area contributed by atoms with Gasteiger partial charge in [-0.2, -0.15) is 0 Å².